The molecule has 0 aromatic heterocycles. The van der Waals surface area contributed by atoms with E-state index in [1.165, 1.54) is 0 Å². The first-order valence-corrected chi connectivity index (χ1v) is 9.75. The molecule has 2 unspecified atom stereocenters. The number of halogens is 1. The molecule has 0 spiro atoms. The molecule has 3 N–H and O–H groups in total. The monoisotopic (exact) mass is 373 g/mol. The summed E-state index contributed by atoms with van der Waals surface area (Å²) in [4.78, 5) is 23.8. The summed E-state index contributed by atoms with van der Waals surface area (Å²) in [6.07, 6.45) is 0.396. The molecular formula is C15H20ClN3O4S. The molecule has 0 bridgehead atoms. The van der Waals surface area contributed by atoms with E-state index in [0.29, 0.717) is 18.0 Å². The van der Waals surface area contributed by atoms with Crippen molar-refractivity contribution < 1.29 is 18.0 Å². The molecule has 0 aliphatic carbocycles. The SMILES string of the molecule is CC(NC(=O)NC1CCS(=O)(=O)C1)C(=O)NCc1ccc(Cl)cc1. The van der Waals surface area contributed by atoms with Crippen molar-refractivity contribution in [1.82, 2.24) is 16.0 Å². The lowest BCUT2D eigenvalue weighted by Crippen LogP contribution is -2.50. The molecule has 9 heteroatoms. The third-order valence-electron chi connectivity index (χ3n) is 3.69. The van der Waals surface area contributed by atoms with E-state index in [9.17, 15) is 18.0 Å². The average molecular weight is 374 g/mol. The van der Waals surface area contributed by atoms with Crippen LogP contribution in [0.3, 0.4) is 0 Å². The molecule has 0 radical (unpaired) electrons. The molecule has 2 atom stereocenters. The summed E-state index contributed by atoms with van der Waals surface area (Å²) in [5.41, 5.74) is 0.889. The number of urea groups is 1. The van der Waals surface area contributed by atoms with E-state index in [2.05, 4.69) is 16.0 Å². The quantitative estimate of drug-likeness (QED) is 0.711. The summed E-state index contributed by atoms with van der Waals surface area (Å²) >= 11 is 5.79. The van der Waals surface area contributed by atoms with Gasteiger partial charge in [0.15, 0.2) is 9.84 Å². The van der Waals surface area contributed by atoms with E-state index >= 15 is 0 Å². The number of carbonyl (C=O) groups is 2. The number of sulfone groups is 1. The van der Waals surface area contributed by atoms with E-state index in [0.717, 1.165) is 5.56 Å². The van der Waals surface area contributed by atoms with Gasteiger partial charge in [0.2, 0.25) is 5.91 Å². The number of nitrogens with one attached hydrogen (secondary N) is 3. The summed E-state index contributed by atoms with van der Waals surface area (Å²) in [6.45, 7) is 1.88. The first-order chi connectivity index (χ1) is 11.2. The van der Waals surface area contributed by atoms with E-state index in [1.54, 1.807) is 31.2 Å². The lowest BCUT2D eigenvalue weighted by Gasteiger charge is -2.17. The smallest absolute Gasteiger partial charge is 0.315 e. The highest BCUT2D eigenvalue weighted by atomic mass is 35.5. The van der Waals surface area contributed by atoms with E-state index < -0.39 is 28.0 Å². The third kappa shape index (κ3) is 5.68. The minimum atomic E-state index is -3.06. The predicted molar refractivity (Wildman–Crippen MR) is 91.5 cm³/mol. The minimum Gasteiger partial charge on any atom is -0.350 e. The Morgan fingerprint density at radius 3 is 2.54 bits per heavy atom. The number of rotatable bonds is 5. The highest BCUT2D eigenvalue weighted by molar-refractivity contribution is 7.91. The van der Waals surface area contributed by atoms with Crippen molar-refractivity contribution in [3.8, 4) is 0 Å². The molecule has 1 heterocycles. The molecular weight excluding hydrogens is 354 g/mol. The molecule has 0 saturated carbocycles. The highest BCUT2D eigenvalue weighted by Crippen LogP contribution is 2.11. The molecule has 1 fully saturated rings. The maximum absolute atomic E-state index is 12.0. The van der Waals surface area contributed by atoms with Crippen molar-refractivity contribution in [1.29, 1.82) is 0 Å². The van der Waals surface area contributed by atoms with Gasteiger partial charge in [0.25, 0.3) is 0 Å². The summed E-state index contributed by atoms with van der Waals surface area (Å²) in [5.74, 6) is -0.314. The predicted octanol–water partition coefficient (Wildman–Crippen LogP) is 0.831. The second kappa shape index (κ2) is 7.85. The van der Waals surface area contributed by atoms with Crippen molar-refractivity contribution >= 4 is 33.4 Å². The van der Waals surface area contributed by atoms with Crippen molar-refractivity contribution in [3.05, 3.63) is 34.9 Å². The molecule has 1 saturated heterocycles. The van der Waals surface area contributed by atoms with Gasteiger partial charge in [-0.3, -0.25) is 4.79 Å². The Balaban J connectivity index is 1.74. The second-order valence-corrected chi connectivity index (χ2v) is 8.45. The summed E-state index contributed by atoms with van der Waals surface area (Å²) in [5, 5.41) is 8.40. The van der Waals surface area contributed by atoms with Crippen LogP contribution in [0.15, 0.2) is 24.3 Å². The van der Waals surface area contributed by atoms with Gasteiger partial charge in [0, 0.05) is 17.6 Å². The molecule has 24 heavy (non-hydrogen) atoms. The van der Waals surface area contributed by atoms with Crippen LogP contribution in [-0.2, 0) is 21.2 Å². The standard InChI is InChI=1S/C15H20ClN3O4S/c1-10(14(20)17-8-11-2-4-12(16)5-3-11)18-15(21)19-13-6-7-24(22,23)9-13/h2-5,10,13H,6-9H2,1H3,(H,17,20)(H2,18,19,21). The maximum Gasteiger partial charge on any atom is 0.315 e. The fourth-order valence-corrected chi connectivity index (χ4v) is 4.14. The molecule has 132 valence electrons. The second-order valence-electron chi connectivity index (χ2n) is 5.78. The Kier molecular flexibility index (Phi) is 6.06. The average Bonchev–Trinajstić information content (AvgIpc) is 2.84. The number of hydrogen-bond acceptors (Lipinski definition) is 4. The van der Waals surface area contributed by atoms with Gasteiger partial charge in [-0.25, -0.2) is 13.2 Å². The number of hydrogen-bond donors (Lipinski definition) is 3. The lowest BCUT2D eigenvalue weighted by molar-refractivity contribution is -0.122. The normalized spacial score (nSPS) is 20.2. The molecule has 7 nitrogen and oxygen atoms in total. The molecule has 3 amide bonds. The van der Waals surface area contributed by atoms with Crippen molar-refractivity contribution in [2.45, 2.75) is 32.0 Å². The Hall–Kier alpha value is -1.80. The van der Waals surface area contributed by atoms with Crippen LogP contribution >= 0.6 is 11.6 Å². The van der Waals surface area contributed by atoms with Crippen LogP contribution in [0.1, 0.15) is 18.9 Å². The molecule has 1 aromatic carbocycles. The zero-order chi connectivity index (χ0) is 17.7. The van der Waals surface area contributed by atoms with Gasteiger partial charge in [-0.2, -0.15) is 0 Å². The van der Waals surface area contributed by atoms with Crippen LogP contribution in [-0.4, -0.2) is 43.9 Å². The Labute approximate surface area is 146 Å². The fourth-order valence-electron chi connectivity index (χ4n) is 2.34. The summed E-state index contributed by atoms with van der Waals surface area (Å²) < 4.78 is 22.7. The summed E-state index contributed by atoms with van der Waals surface area (Å²) in [6, 6.07) is 5.37. The largest absolute Gasteiger partial charge is 0.350 e. The zero-order valence-corrected chi connectivity index (χ0v) is 14.8. The van der Waals surface area contributed by atoms with Gasteiger partial charge in [0.1, 0.15) is 6.04 Å². The zero-order valence-electron chi connectivity index (χ0n) is 13.2. The summed E-state index contributed by atoms with van der Waals surface area (Å²) in [7, 11) is -3.06. The Morgan fingerprint density at radius 1 is 1.29 bits per heavy atom. The first-order valence-electron chi connectivity index (χ1n) is 7.55. The maximum atomic E-state index is 12.0. The van der Waals surface area contributed by atoms with Gasteiger partial charge in [-0.15, -0.1) is 0 Å². The Bertz CT molecular complexity index is 706. The van der Waals surface area contributed by atoms with Crippen LogP contribution in [0, 0.1) is 0 Å². The third-order valence-corrected chi connectivity index (χ3v) is 5.71. The topological polar surface area (TPSA) is 104 Å². The van der Waals surface area contributed by atoms with Crippen LogP contribution in [0.5, 0.6) is 0 Å². The molecule has 2 rings (SSSR count). The van der Waals surface area contributed by atoms with Crippen LogP contribution in [0.25, 0.3) is 0 Å². The molecule has 1 aliphatic heterocycles. The van der Waals surface area contributed by atoms with Crippen molar-refractivity contribution in [2.75, 3.05) is 11.5 Å². The van der Waals surface area contributed by atoms with Gasteiger partial charge < -0.3 is 16.0 Å². The van der Waals surface area contributed by atoms with Gasteiger partial charge >= 0.3 is 6.03 Å². The van der Waals surface area contributed by atoms with Crippen LogP contribution in [0.4, 0.5) is 4.79 Å². The molecule has 1 aromatic rings. The van der Waals surface area contributed by atoms with E-state index in [4.69, 9.17) is 11.6 Å². The highest BCUT2D eigenvalue weighted by Gasteiger charge is 2.29. The molecule has 1 aliphatic rings. The fraction of sp³-hybridized carbons (Fsp3) is 0.467. The van der Waals surface area contributed by atoms with Gasteiger partial charge in [-0.1, -0.05) is 23.7 Å². The van der Waals surface area contributed by atoms with E-state index in [1.807, 2.05) is 0 Å². The van der Waals surface area contributed by atoms with Crippen LogP contribution < -0.4 is 16.0 Å². The van der Waals surface area contributed by atoms with E-state index in [-0.39, 0.29) is 17.4 Å². The first kappa shape index (κ1) is 18.5. The van der Waals surface area contributed by atoms with Crippen molar-refractivity contribution in [2.24, 2.45) is 0 Å². The number of carbonyl (C=O) groups excluding carboxylic acids is 2. The van der Waals surface area contributed by atoms with Gasteiger partial charge in [-0.05, 0) is 31.0 Å². The number of benzene rings is 1. The Morgan fingerprint density at radius 2 is 1.96 bits per heavy atom. The number of amides is 3. The lowest BCUT2D eigenvalue weighted by atomic mass is 10.2. The van der Waals surface area contributed by atoms with Crippen LogP contribution in [0.2, 0.25) is 5.02 Å². The minimum absolute atomic E-state index is 0.0580. The van der Waals surface area contributed by atoms with Gasteiger partial charge in [0.05, 0.1) is 11.5 Å². The van der Waals surface area contributed by atoms with Crippen molar-refractivity contribution in [3.63, 3.8) is 0 Å².